The molecule has 0 aliphatic rings. The molecular formula is C13H23NO. The first kappa shape index (κ1) is 12.3. The third kappa shape index (κ3) is 4.08. The van der Waals surface area contributed by atoms with Crippen LogP contribution in [0.4, 0.5) is 0 Å². The summed E-state index contributed by atoms with van der Waals surface area (Å²) < 4.78 is 5.63. The second-order valence-corrected chi connectivity index (χ2v) is 4.14. The number of hydrogen-bond donors (Lipinski definition) is 1. The Labute approximate surface area is 93.1 Å². The molecule has 2 heteroatoms. The summed E-state index contributed by atoms with van der Waals surface area (Å²) in [5, 5.41) is 3.31. The standard InChI is InChI=1S/C13H23NO/c1-4-5-6-7-8-12(14-3)13-10-9-11(2)15-13/h9-10,12,14H,4-8H2,1-3H3. The van der Waals surface area contributed by atoms with Crippen LogP contribution in [0.25, 0.3) is 0 Å². The lowest BCUT2D eigenvalue weighted by Gasteiger charge is -2.13. The molecule has 0 aliphatic heterocycles. The lowest BCUT2D eigenvalue weighted by molar-refractivity contribution is 0.391. The molecule has 1 aromatic rings. The van der Waals surface area contributed by atoms with Gasteiger partial charge in [0.2, 0.25) is 0 Å². The molecule has 1 rings (SSSR count). The summed E-state index contributed by atoms with van der Waals surface area (Å²) in [4.78, 5) is 0. The predicted octanol–water partition coefficient (Wildman–Crippen LogP) is 3.82. The SMILES string of the molecule is CCCCCCC(NC)c1ccc(C)o1. The van der Waals surface area contributed by atoms with Crippen molar-refractivity contribution in [3.05, 3.63) is 23.7 Å². The largest absolute Gasteiger partial charge is 0.465 e. The van der Waals surface area contributed by atoms with Gasteiger partial charge in [-0.25, -0.2) is 0 Å². The van der Waals surface area contributed by atoms with E-state index in [-0.39, 0.29) is 0 Å². The van der Waals surface area contributed by atoms with E-state index >= 15 is 0 Å². The summed E-state index contributed by atoms with van der Waals surface area (Å²) >= 11 is 0. The van der Waals surface area contributed by atoms with Gasteiger partial charge in [-0.3, -0.25) is 0 Å². The quantitative estimate of drug-likeness (QED) is 0.691. The Hall–Kier alpha value is -0.760. The van der Waals surface area contributed by atoms with Gasteiger partial charge in [-0.05, 0) is 32.5 Å². The van der Waals surface area contributed by atoms with Crippen molar-refractivity contribution >= 4 is 0 Å². The van der Waals surface area contributed by atoms with Crippen LogP contribution in [0.1, 0.15) is 56.6 Å². The topological polar surface area (TPSA) is 25.2 Å². The van der Waals surface area contributed by atoms with E-state index in [9.17, 15) is 0 Å². The van der Waals surface area contributed by atoms with Crippen molar-refractivity contribution in [3.8, 4) is 0 Å². The molecule has 15 heavy (non-hydrogen) atoms. The van der Waals surface area contributed by atoms with E-state index in [1.807, 2.05) is 20.0 Å². The minimum atomic E-state index is 0.385. The Morgan fingerprint density at radius 2 is 2.07 bits per heavy atom. The number of furan rings is 1. The smallest absolute Gasteiger partial charge is 0.121 e. The molecule has 1 aromatic heterocycles. The fourth-order valence-corrected chi connectivity index (χ4v) is 1.84. The van der Waals surface area contributed by atoms with Crippen LogP contribution in [0.3, 0.4) is 0 Å². The molecule has 0 saturated heterocycles. The Bertz CT molecular complexity index is 267. The fraction of sp³-hybridized carbons (Fsp3) is 0.692. The van der Waals surface area contributed by atoms with Gasteiger partial charge in [-0.2, -0.15) is 0 Å². The Morgan fingerprint density at radius 3 is 2.60 bits per heavy atom. The minimum Gasteiger partial charge on any atom is -0.465 e. The van der Waals surface area contributed by atoms with Crippen LogP contribution in [0.5, 0.6) is 0 Å². The van der Waals surface area contributed by atoms with Crippen molar-refractivity contribution in [2.75, 3.05) is 7.05 Å². The maximum absolute atomic E-state index is 5.63. The third-order valence-electron chi connectivity index (χ3n) is 2.80. The van der Waals surface area contributed by atoms with Crippen LogP contribution >= 0.6 is 0 Å². The van der Waals surface area contributed by atoms with Crippen LogP contribution in [-0.4, -0.2) is 7.05 Å². The van der Waals surface area contributed by atoms with Gasteiger partial charge in [0.1, 0.15) is 11.5 Å². The molecular weight excluding hydrogens is 186 g/mol. The summed E-state index contributed by atoms with van der Waals surface area (Å²) in [6.07, 6.45) is 6.41. The monoisotopic (exact) mass is 209 g/mol. The Kier molecular flexibility index (Phi) is 5.48. The molecule has 1 N–H and O–H groups in total. The lowest BCUT2D eigenvalue weighted by atomic mass is 10.1. The molecule has 0 amide bonds. The van der Waals surface area contributed by atoms with Crippen LogP contribution < -0.4 is 5.32 Å². The van der Waals surface area contributed by atoms with Gasteiger partial charge in [0, 0.05) is 0 Å². The maximum Gasteiger partial charge on any atom is 0.121 e. The average molecular weight is 209 g/mol. The van der Waals surface area contributed by atoms with E-state index in [0.29, 0.717) is 6.04 Å². The van der Waals surface area contributed by atoms with Gasteiger partial charge in [0.25, 0.3) is 0 Å². The molecule has 0 aliphatic carbocycles. The molecule has 1 atom stereocenters. The van der Waals surface area contributed by atoms with Crippen molar-refractivity contribution < 1.29 is 4.42 Å². The fourth-order valence-electron chi connectivity index (χ4n) is 1.84. The molecule has 0 fully saturated rings. The van der Waals surface area contributed by atoms with Crippen molar-refractivity contribution in [2.24, 2.45) is 0 Å². The van der Waals surface area contributed by atoms with Gasteiger partial charge in [0.05, 0.1) is 6.04 Å². The van der Waals surface area contributed by atoms with E-state index < -0.39 is 0 Å². The zero-order valence-electron chi connectivity index (χ0n) is 10.2. The highest BCUT2D eigenvalue weighted by Crippen LogP contribution is 2.21. The highest BCUT2D eigenvalue weighted by atomic mass is 16.3. The molecule has 0 aromatic carbocycles. The first-order valence-corrected chi connectivity index (χ1v) is 6.01. The van der Waals surface area contributed by atoms with E-state index in [2.05, 4.69) is 18.3 Å². The summed E-state index contributed by atoms with van der Waals surface area (Å²) in [5.41, 5.74) is 0. The molecule has 0 radical (unpaired) electrons. The van der Waals surface area contributed by atoms with Gasteiger partial charge < -0.3 is 9.73 Å². The number of aryl methyl sites for hydroxylation is 1. The van der Waals surface area contributed by atoms with Crippen molar-refractivity contribution in [1.29, 1.82) is 0 Å². The lowest BCUT2D eigenvalue weighted by Crippen LogP contribution is -2.15. The van der Waals surface area contributed by atoms with Crippen LogP contribution in [0, 0.1) is 6.92 Å². The molecule has 0 saturated carbocycles. The minimum absolute atomic E-state index is 0.385. The third-order valence-corrected chi connectivity index (χ3v) is 2.80. The maximum atomic E-state index is 5.63. The molecule has 0 spiro atoms. The van der Waals surface area contributed by atoms with Crippen molar-refractivity contribution in [1.82, 2.24) is 5.32 Å². The molecule has 86 valence electrons. The van der Waals surface area contributed by atoms with Gasteiger partial charge in [-0.15, -0.1) is 0 Å². The normalized spacial score (nSPS) is 13.0. The highest BCUT2D eigenvalue weighted by molar-refractivity contribution is 5.09. The van der Waals surface area contributed by atoms with Gasteiger partial charge in [0.15, 0.2) is 0 Å². The Morgan fingerprint density at radius 1 is 1.27 bits per heavy atom. The summed E-state index contributed by atoms with van der Waals surface area (Å²) in [6.45, 7) is 4.23. The molecule has 1 unspecified atom stereocenters. The number of hydrogen-bond acceptors (Lipinski definition) is 2. The first-order valence-electron chi connectivity index (χ1n) is 6.01. The van der Waals surface area contributed by atoms with Gasteiger partial charge in [-0.1, -0.05) is 32.6 Å². The van der Waals surface area contributed by atoms with E-state index in [1.165, 1.54) is 32.1 Å². The van der Waals surface area contributed by atoms with Crippen molar-refractivity contribution in [3.63, 3.8) is 0 Å². The van der Waals surface area contributed by atoms with Crippen molar-refractivity contribution in [2.45, 2.75) is 52.0 Å². The number of rotatable bonds is 7. The summed E-state index contributed by atoms with van der Waals surface area (Å²) in [7, 11) is 2.00. The molecule has 2 nitrogen and oxygen atoms in total. The molecule has 0 bridgehead atoms. The predicted molar refractivity (Wildman–Crippen MR) is 64.0 cm³/mol. The second kappa shape index (κ2) is 6.67. The van der Waals surface area contributed by atoms with Crippen LogP contribution in [0.2, 0.25) is 0 Å². The average Bonchev–Trinajstić information content (AvgIpc) is 2.65. The number of unbranched alkanes of at least 4 members (excludes halogenated alkanes) is 3. The van der Waals surface area contributed by atoms with E-state index in [4.69, 9.17) is 4.42 Å². The van der Waals surface area contributed by atoms with Crippen LogP contribution in [-0.2, 0) is 0 Å². The first-order chi connectivity index (χ1) is 7.27. The van der Waals surface area contributed by atoms with E-state index in [1.54, 1.807) is 0 Å². The van der Waals surface area contributed by atoms with Gasteiger partial charge >= 0.3 is 0 Å². The highest BCUT2D eigenvalue weighted by Gasteiger charge is 2.11. The van der Waals surface area contributed by atoms with E-state index in [0.717, 1.165) is 11.5 Å². The molecule has 1 heterocycles. The zero-order valence-corrected chi connectivity index (χ0v) is 10.2. The zero-order chi connectivity index (χ0) is 11.1. The van der Waals surface area contributed by atoms with Crippen LogP contribution in [0.15, 0.2) is 16.5 Å². The summed E-state index contributed by atoms with van der Waals surface area (Å²) in [6, 6.07) is 4.50. The second-order valence-electron chi connectivity index (χ2n) is 4.14. The number of nitrogens with one attached hydrogen (secondary N) is 1. The summed E-state index contributed by atoms with van der Waals surface area (Å²) in [5.74, 6) is 2.07. The Balaban J connectivity index is 2.35.